The molecule has 0 fully saturated rings. The van der Waals surface area contributed by atoms with Crippen LogP contribution < -0.4 is 5.32 Å². The first kappa shape index (κ1) is 60.1. The summed E-state index contributed by atoms with van der Waals surface area (Å²) in [7, 11) is 0. The van der Waals surface area contributed by atoms with Crippen molar-refractivity contribution in [1.82, 2.24) is 5.32 Å². The van der Waals surface area contributed by atoms with Crippen LogP contribution in [0.25, 0.3) is 0 Å². The molecule has 0 aromatic heterocycles. The zero-order valence-electron chi connectivity index (χ0n) is 41.5. The van der Waals surface area contributed by atoms with Crippen LogP contribution in [0, 0.1) is 0 Å². The van der Waals surface area contributed by atoms with Crippen molar-refractivity contribution in [2.24, 2.45) is 0 Å². The average Bonchev–Trinajstić information content (AvgIpc) is 3.26. The zero-order chi connectivity index (χ0) is 45.2. The van der Waals surface area contributed by atoms with E-state index in [9.17, 15) is 19.8 Å². The molecule has 6 nitrogen and oxygen atoms in total. The molecule has 0 saturated heterocycles. The third-order valence-corrected chi connectivity index (χ3v) is 12.5. The van der Waals surface area contributed by atoms with E-state index in [0.717, 1.165) is 70.6 Å². The maximum atomic E-state index is 13.2. The molecule has 0 aliphatic heterocycles. The molecular weight excluding hydrogens is 767 g/mol. The number of nitrogens with one attached hydrogen (secondary N) is 1. The molecule has 3 N–H and O–H groups in total. The van der Waals surface area contributed by atoms with E-state index < -0.39 is 18.2 Å². The van der Waals surface area contributed by atoms with Crippen molar-refractivity contribution in [3.8, 4) is 0 Å². The number of ether oxygens (including phenoxy) is 1. The van der Waals surface area contributed by atoms with Crippen molar-refractivity contribution in [2.45, 2.75) is 302 Å². The van der Waals surface area contributed by atoms with Gasteiger partial charge in [0.1, 0.15) is 6.10 Å². The molecule has 6 heteroatoms. The van der Waals surface area contributed by atoms with Gasteiger partial charge in [-0.2, -0.15) is 0 Å². The normalized spacial score (nSPS) is 13.4. The molecular formula is C56H105NO5. The van der Waals surface area contributed by atoms with Crippen molar-refractivity contribution in [3.05, 3.63) is 36.5 Å². The van der Waals surface area contributed by atoms with E-state index in [1.807, 2.05) is 0 Å². The number of carbonyl (C=O) groups excluding carboxylic acids is 2. The summed E-state index contributed by atoms with van der Waals surface area (Å²) in [6, 6.07) is -0.711. The summed E-state index contributed by atoms with van der Waals surface area (Å²) in [6.45, 7) is 6.46. The minimum absolute atomic E-state index is 0.0558. The Morgan fingerprint density at radius 2 is 0.823 bits per heavy atom. The lowest BCUT2D eigenvalue weighted by Gasteiger charge is -2.24. The number of rotatable bonds is 49. The van der Waals surface area contributed by atoms with E-state index in [0.29, 0.717) is 19.3 Å². The summed E-state index contributed by atoms with van der Waals surface area (Å²) in [4.78, 5) is 26.2. The molecule has 0 radical (unpaired) electrons. The highest BCUT2D eigenvalue weighted by Crippen LogP contribution is 2.18. The maximum Gasteiger partial charge on any atom is 0.306 e. The monoisotopic (exact) mass is 872 g/mol. The number of hydrogen-bond acceptors (Lipinski definition) is 5. The highest BCUT2D eigenvalue weighted by molar-refractivity contribution is 5.77. The zero-order valence-corrected chi connectivity index (χ0v) is 41.5. The van der Waals surface area contributed by atoms with E-state index >= 15 is 0 Å². The van der Waals surface area contributed by atoms with Crippen LogP contribution in [0.15, 0.2) is 36.5 Å². The molecule has 0 aliphatic rings. The minimum atomic E-state index is -0.795. The van der Waals surface area contributed by atoms with Gasteiger partial charge < -0.3 is 20.3 Å². The fourth-order valence-corrected chi connectivity index (χ4v) is 8.32. The number of carbonyl (C=O) groups is 2. The molecule has 0 heterocycles. The van der Waals surface area contributed by atoms with Gasteiger partial charge in [0.2, 0.25) is 5.91 Å². The molecule has 1 amide bonds. The second-order valence-corrected chi connectivity index (χ2v) is 18.6. The largest absolute Gasteiger partial charge is 0.462 e. The van der Waals surface area contributed by atoms with E-state index in [4.69, 9.17) is 4.74 Å². The van der Waals surface area contributed by atoms with Crippen molar-refractivity contribution < 1.29 is 24.5 Å². The van der Waals surface area contributed by atoms with E-state index in [1.165, 1.54) is 167 Å². The highest BCUT2D eigenvalue weighted by atomic mass is 16.5. The Labute approximate surface area is 385 Å². The first-order valence-electron chi connectivity index (χ1n) is 27.2. The topological polar surface area (TPSA) is 95.9 Å². The molecule has 0 spiro atoms. The van der Waals surface area contributed by atoms with E-state index in [2.05, 4.69) is 62.5 Å². The predicted octanol–water partition coefficient (Wildman–Crippen LogP) is 16.5. The van der Waals surface area contributed by atoms with E-state index in [-0.39, 0.29) is 24.9 Å². The quantitative estimate of drug-likeness (QED) is 0.0321. The van der Waals surface area contributed by atoms with Gasteiger partial charge in [-0.05, 0) is 64.2 Å². The van der Waals surface area contributed by atoms with Gasteiger partial charge in [0.15, 0.2) is 0 Å². The van der Waals surface area contributed by atoms with E-state index in [1.54, 1.807) is 0 Å². The van der Waals surface area contributed by atoms with Crippen LogP contribution in [0.3, 0.4) is 0 Å². The molecule has 0 aromatic rings. The third-order valence-electron chi connectivity index (χ3n) is 12.5. The van der Waals surface area contributed by atoms with Gasteiger partial charge in [-0.15, -0.1) is 0 Å². The molecule has 3 unspecified atom stereocenters. The standard InChI is InChI=1S/C56H105NO5/c1-4-7-10-13-16-19-22-25-27-30-32-35-38-41-44-47-52(62-56(61)49-46-43-40-37-34-31-28-26-23-20-17-14-11-8-5-2)50-55(60)57-53(51-58)54(59)48-45-42-39-36-33-29-24-21-18-15-12-9-6-3/h16,19,25,27,32,35,52-54,58-59H,4-15,17-18,20-24,26,28-31,33-34,36-51H2,1-3H3,(H,57,60)/b19-16-,27-25-,35-32-. The molecule has 0 aromatic carbocycles. The molecule has 0 aliphatic carbocycles. The van der Waals surface area contributed by atoms with Gasteiger partial charge in [0, 0.05) is 6.42 Å². The van der Waals surface area contributed by atoms with Gasteiger partial charge in [-0.3, -0.25) is 9.59 Å². The molecule has 62 heavy (non-hydrogen) atoms. The smallest absolute Gasteiger partial charge is 0.306 e. The minimum Gasteiger partial charge on any atom is -0.462 e. The Hall–Kier alpha value is -1.92. The van der Waals surface area contributed by atoms with Crippen LogP contribution in [-0.4, -0.2) is 46.9 Å². The lowest BCUT2D eigenvalue weighted by Crippen LogP contribution is -2.46. The predicted molar refractivity (Wildman–Crippen MR) is 269 cm³/mol. The van der Waals surface area contributed by atoms with Crippen LogP contribution in [0.5, 0.6) is 0 Å². The molecule has 3 atom stereocenters. The number of amides is 1. The average molecular weight is 872 g/mol. The van der Waals surface area contributed by atoms with Crippen LogP contribution in [0.1, 0.15) is 284 Å². The summed E-state index contributed by atoms with van der Waals surface area (Å²) in [5, 5.41) is 23.8. The first-order valence-corrected chi connectivity index (χ1v) is 27.2. The Kier molecular flexibility index (Phi) is 48.5. The van der Waals surface area contributed by atoms with Gasteiger partial charge in [0.25, 0.3) is 0 Å². The number of esters is 1. The lowest BCUT2D eigenvalue weighted by atomic mass is 10.0. The number of aliphatic hydroxyl groups excluding tert-OH is 2. The summed E-state index contributed by atoms with van der Waals surface area (Å²) in [6.07, 6.45) is 59.2. The van der Waals surface area contributed by atoms with Crippen molar-refractivity contribution in [1.29, 1.82) is 0 Å². The van der Waals surface area contributed by atoms with Crippen molar-refractivity contribution >= 4 is 11.9 Å². The fraction of sp³-hybridized carbons (Fsp3) is 0.857. The van der Waals surface area contributed by atoms with Crippen molar-refractivity contribution in [3.63, 3.8) is 0 Å². The van der Waals surface area contributed by atoms with Gasteiger partial charge in [0.05, 0.1) is 25.2 Å². The lowest BCUT2D eigenvalue weighted by molar-refractivity contribution is -0.151. The van der Waals surface area contributed by atoms with Crippen LogP contribution in [0.4, 0.5) is 0 Å². The summed E-state index contributed by atoms with van der Waals surface area (Å²) >= 11 is 0. The number of aliphatic hydroxyl groups is 2. The SMILES string of the molecule is CCCCC/C=C\C/C=C\C/C=C\CCCCC(CC(=O)NC(CO)C(O)CCCCCCCCCCCCCCC)OC(=O)CCCCCCCCCCCCCCCCC. The fourth-order valence-electron chi connectivity index (χ4n) is 8.32. The van der Waals surface area contributed by atoms with Gasteiger partial charge >= 0.3 is 5.97 Å². The summed E-state index contributed by atoms with van der Waals surface area (Å²) < 4.78 is 5.93. The number of unbranched alkanes of at least 4 members (excludes halogenated alkanes) is 31. The van der Waals surface area contributed by atoms with Crippen LogP contribution >= 0.6 is 0 Å². The molecule has 0 bridgehead atoms. The Balaban J connectivity index is 4.61. The Bertz CT molecular complexity index is 1020. The van der Waals surface area contributed by atoms with Gasteiger partial charge in [-0.25, -0.2) is 0 Å². The molecule has 0 saturated carbocycles. The molecule has 364 valence electrons. The number of hydrogen-bond donors (Lipinski definition) is 3. The Morgan fingerprint density at radius 1 is 0.468 bits per heavy atom. The summed E-state index contributed by atoms with van der Waals surface area (Å²) in [5.74, 6) is -0.498. The highest BCUT2D eigenvalue weighted by Gasteiger charge is 2.24. The summed E-state index contributed by atoms with van der Waals surface area (Å²) in [5.41, 5.74) is 0. The van der Waals surface area contributed by atoms with Crippen LogP contribution in [-0.2, 0) is 14.3 Å². The second kappa shape index (κ2) is 50.1. The van der Waals surface area contributed by atoms with Crippen LogP contribution in [0.2, 0.25) is 0 Å². The third kappa shape index (κ3) is 44.7. The number of allylic oxidation sites excluding steroid dienone is 6. The maximum absolute atomic E-state index is 13.2. The first-order chi connectivity index (χ1) is 30.5. The second-order valence-electron chi connectivity index (χ2n) is 18.6. The van der Waals surface area contributed by atoms with Crippen molar-refractivity contribution in [2.75, 3.05) is 6.61 Å². The molecule has 0 rings (SSSR count). The Morgan fingerprint density at radius 3 is 1.26 bits per heavy atom. The van der Waals surface area contributed by atoms with Gasteiger partial charge in [-0.1, -0.05) is 243 Å².